The third-order valence-corrected chi connectivity index (χ3v) is 2.43. The van der Waals surface area contributed by atoms with Crippen molar-refractivity contribution in [3.05, 3.63) is 24.2 Å². The Balaban J connectivity index is 2.40. The van der Waals surface area contributed by atoms with Crippen molar-refractivity contribution >= 4 is 17.5 Å². The predicted octanol–water partition coefficient (Wildman–Crippen LogP) is 2.66. The Morgan fingerprint density at radius 3 is 2.87 bits per heavy atom. The third kappa shape index (κ3) is 3.96. The molecule has 0 atom stereocenters. The van der Waals surface area contributed by atoms with E-state index in [4.69, 9.17) is 16.0 Å². The number of carbonyl (C=O) groups excluding carboxylic acids is 1. The lowest BCUT2D eigenvalue weighted by Crippen LogP contribution is -2.34. The fourth-order valence-electron chi connectivity index (χ4n) is 1.16. The van der Waals surface area contributed by atoms with Gasteiger partial charge in [-0.05, 0) is 24.0 Å². The van der Waals surface area contributed by atoms with Crippen LogP contribution < -0.4 is 5.32 Å². The molecule has 1 heterocycles. The number of hydrogen-bond donors (Lipinski definition) is 1. The molecule has 0 aliphatic carbocycles. The zero-order valence-corrected chi connectivity index (χ0v) is 9.80. The van der Waals surface area contributed by atoms with Crippen LogP contribution in [0.25, 0.3) is 0 Å². The van der Waals surface area contributed by atoms with Gasteiger partial charge in [-0.3, -0.25) is 4.79 Å². The first-order chi connectivity index (χ1) is 7.05. The van der Waals surface area contributed by atoms with Crippen molar-refractivity contribution in [3.8, 4) is 0 Å². The fraction of sp³-hybridized carbons (Fsp3) is 0.545. The van der Waals surface area contributed by atoms with Gasteiger partial charge in [-0.2, -0.15) is 0 Å². The lowest BCUT2D eigenvalue weighted by molar-refractivity contribution is 0.0908. The summed E-state index contributed by atoms with van der Waals surface area (Å²) >= 11 is 5.67. The zero-order valence-electron chi connectivity index (χ0n) is 9.05. The molecule has 0 spiro atoms. The highest BCUT2D eigenvalue weighted by molar-refractivity contribution is 6.17. The van der Waals surface area contributed by atoms with Crippen LogP contribution in [0.2, 0.25) is 0 Å². The van der Waals surface area contributed by atoms with Gasteiger partial charge in [0.25, 0.3) is 5.91 Å². The third-order valence-electron chi connectivity index (χ3n) is 2.24. The molecule has 1 aromatic heterocycles. The van der Waals surface area contributed by atoms with E-state index < -0.39 is 0 Å². The second-order valence-electron chi connectivity index (χ2n) is 4.26. The van der Waals surface area contributed by atoms with Gasteiger partial charge in [0.2, 0.25) is 0 Å². The maximum absolute atomic E-state index is 11.5. The van der Waals surface area contributed by atoms with Gasteiger partial charge in [-0.15, -0.1) is 11.6 Å². The summed E-state index contributed by atoms with van der Waals surface area (Å²) in [7, 11) is 0. The molecular formula is C11H16ClNO2. The average molecular weight is 230 g/mol. The van der Waals surface area contributed by atoms with E-state index in [-0.39, 0.29) is 11.3 Å². The van der Waals surface area contributed by atoms with Gasteiger partial charge in [-0.25, -0.2) is 0 Å². The Hall–Kier alpha value is -0.960. The minimum Gasteiger partial charge on any atom is -0.459 e. The molecule has 1 rings (SSSR count). The SMILES string of the molecule is CC(C)(CCCl)CNC(=O)c1ccco1. The highest BCUT2D eigenvalue weighted by Gasteiger charge is 2.19. The molecule has 0 aliphatic heterocycles. The second-order valence-corrected chi connectivity index (χ2v) is 4.64. The van der Waals surface area contributed by atoms with E-state index in [0.29, 0.717) is 18.2 Å². The summed E-state index contributed by atoms with van der Waals surface area (Å²) in [6, 6.07) is 3.34. The van der Waals surface area contributed by atoms with Crippen molar-refractivity contribution in [1.82, 2.24) is 5.32 Å². The van der Waals surface area contributed by atoms with E-state index in [1.807, 2.05) is 0 Å². The Morgan fingerprint density at radius 1 is 1.60 bits per heavy atom. The van der Waals surface area contributed by atoms with Crippen LogP contribution in [0.1, 0.15) is 30.8 Å². The number of furan rings is 1. The number of alkyl halides is 1. The predicted molar refractivity (Wildman–Crippen MR) is 60.2 cm³/mol. The average Bonchev–Trinajstić information content (AvgIpc) is 2.67. The summed E-state index contributed by atoms with van der Waals surface area (Å²) in [6.45, 7) is 4.73. The lowest BCUT2D eigenvalue weighted by Gasteiger charge is -2.23. The van der Waals surface area contributed by atoms with Crippen LogP contribution in [0, 0.1) is 5.41 Å². The summed E-state index contributed by atoms with van der Waals surface area (Å²) in [5.74, 6) is 0.767. The zero-order chi connectivity index (χ0) is 11.3. The van der Waals surface area contributed by atoms with Crippen molar-refractivity contribution in [3.63, 3.8) is 0 Å². The van der Waals surface area contributed by atoms with Crippen molar-refractivity contribution in [2.45, 2.75) is 20.3 Å². The molecule has 0 unspecified atom stereocenters. The molecule has 0 fully saturated rings. The Labute approximate surface area is 94.8 Å². The van der Waals surface area contributed by atoms with Gasteiger partial charge in [0.05, 0.1) is 6.26 Å². The highest BCUT2D eigenvalue weighted by atomic mass is 35.5. The summed E-state index contributed by atoms with van der Waals surface area (Å²) in [6.07, 6.45) is 2.35. The van der Waals surface area contributed by atoms with Crippen LogP contribution in [0.4, 0.5) is 0 Å². The summed E-state index contributed by atoms with van der Waals surface area (Å²) in [5.41, 5.74) is 0.0179. The van der Waals surface area contributed by atoms with Crippen LogP contribution in [-0.2, 0) is 0 Å². The first-order valence-electron chi connectivity index (χ1n) is 4.93. The first kappa shape index (κ1) is 12.1. The van der Waals surface area contributed by atoms with E-state index >= 15 is 0 Å². The molecular weight excluding hydrogens is 214 g/mol. The molecule has 0 aromatic carbocycles. The monoisotopic (exact) mass is 229 g/mol. The van der Waals surface area contributed by atoms with Gasteiger partial charge >= 0.3 is 0 Å². The van der Waals surface area contributed by atoms with Crippen LogP contribution in [0.3, 0.4) is 0 Å². The largest absolute Gasteiger partial charge is 0.459 e. The first-order valence-corrected chi connectivity index (χ1v) is 5.46. The Bertz CT molecular complexity index is 306. The molecule has 15 heavy (non-hydrogen) atoms. The summed E-state index contributed by atoms with van der Waals surface area (Å²) in [4.78, 5) is 11.5. The number of amides is 1. The quantitative estimate of drug-likeness (QED) is 0.789. The smallest absolute Gasteiger partial charge is 0.286 e. The van der Waals surface area contributed by atoms with Crippen LogP contribution in [0.15, 0.2) is 22.8 Å². The molecule has 4 heteroatoms. The number of rotatable bonds is 5. The van der Waals surface area contributed by atoms with Crippen LogP contribution >= 0.6 is 11.6 Å². The second kappa shape index (κ2) is 5.21. The molecule has 1 N–H and O–H groups in total. The minimum atomic E-state index is -0.178. The van der Waals surface area contributed by atoms with Gasteiger partial charge in [-0.1, -0.05) is 13.8 Å². The Kier molecular flexibility index (Phi) is 4.21. The molecule has 84 valence electrons. The fourth-order valence-corrected chi connectivity index (χ4v) is 1.67. The van der Waals surface area contributed by atoms with Gasteiger partial charge in [0, 0.05) is 12.4 Å². The van der Waals surface area contributed by atoms with Crippen molar-refractivity contribution in [1.29, 1.82) is 0 Å². The number of hydrogen-bond acceptors (Lipinski definition) is 2. The van der Waals surface area contributed by atoms with Crippen molar-refractivity contribution in [2.24, 2.45) is 5.41 Å². The normalized spacial score (nSPS) is 11.4. The lowest BCUT2D eigenvalue weighted by atomic mass is 9.90. The molecule has 0 radical (unpaired) electrons. The van der Waals surface area contributed by atoms with Gasteiger partial charge < -0.3 is 9.73 Å². The maximum atomic E-state index is 11.5. The van der Waals surface area contributed by atoms with Crippen molar-refractivity contribution in [2.75, 3.05) is 12.4 Å². The molecule has 1 amide bonds. The topological polar surface area (TPSA) is 42.2 Å². The van der Waals surface area contributed by atoms with E-state index in [1.165, 1.54) is 6.26 Å². The maximum Gasteiger partial charge on any atom is 0.286 e. The van der Waals surface area contributed by atoms with Gasteiger partial charge in [0.1, 0.15) is 0 Å². The Morgan fingerprint density at radius 2 is 2.33 bits per heavy atom. The van der Waals surface area contributed by atoms with E-state index in [2.05, 4.69) is 19.2 Å². The van der Waals surface area contributed by atoms with Gasteiger partial charge in [0.15, 0.2) is 5.76 Å². The molecule has 0 saturated heterocycles. The standard InChI is InChI=1S/C11H16ClNO2/c1-11(2,5-6-12)8-13-10(14)9-4-3-7-15-9/h3-4,7H,5-6,8H2,1-2H3,(H,13,14). The summed E-state index contributed by atoms with van der Waals surface area (Å²) in [5, 5.41) is 2.82. The van der Waals surface area contributed by atoms with Crippen LogP contribution in [0.5, 0.6) is 0 Å². The minimum absolute atomic E-state index is 0.0179. The molecule has 1 aromatic rings. The molecule has 3 nitrogen and oxygen atoms in total. The number of carbonyl (C=O) groups is 1. The van der Waals surface area contributed by atoms with Crippen LogP contribution in [-0.4, -0.2) is 18.3 Å². The molecule has 0 bridgehead atoms. The number of halogens is 1. The van der Waals surface area contributed by atoms with Crippen molar-refractivity contribution < 1.29 is 9.21 Å². The van der Waals surface area contributed by atoms with E-state index in [9.17, 15) is 4.79 Å². The van der Waals surface area contributed by atoms with E-state index in [1.54, 1.807) is 12.1 Å². The number of nitrogens with one attached hydrogen (secondary N) is 1. The van der Waals surface area contributed by atoms with E-state index in [0.717, 1.165) is 6.42 Å². The summed E-state index contributed by atoms with van der Waals surface area (Å²) < 4.78 is 4.98. The molecule has 0 aliphatic rings. The highest BCUT2D eigenvalue weighted by Crippen LogP contribution is 2.19. The molecule has 0 saturated carbocycles.